The molecule has 1 aliphatic rings. The zero-order valence-electron chi connectivity index (χ0n) is 7.70. The largest absolute Gasteiger partial charge is 1.00 e. The van der Waals surface area contributed by atoms with E-state index >= 15 is 0 Å². The first kappa shape index (κ1) is 15.0. The Balaban J connectivity index is 0.000000720. The van der Waals surface area contributed by atoms with Gasteiger partial charge in [-0.25, -0.2) is 0 Å². The van der Waals surface area contributed by atoms with Gasteiger partial charge in [0.2, 0.25) is 0 Å². The van der Waals surface area contributed by atoms with Crippen molar-refractivity contribution in [3.05, 3.63) is 30.9 Å². The summed E-state index contributed by atoms with van der Waals surface area (Å²) in [7, 11) is 0. The van der Waals surface area contributed by atoms with Crippen molar-refractivity contribution < 1.29 is 126 Å². The van der Waals surface area contributed by atoms with Crippen LogP contribution in [0.1, 0.15) is 0 Å². The van der Waals surface area contributed by atoms with Gasteiger partial charge < -0.3 is 14.8 Å². The fraction of sp³-hybridized carbons (Fsp3) is 0. The molecular weight excluding hydrogens is 313 g/mol. The first-order valence-corrected chi connectivity index (χ1v) is 3.26. The van der Waals surface area contributed by atoms with Crippen molar-refractivity contribution in [3.8, 4) is 5.75 Å². The quantitative estimate of drug-likeness (QED) is 0.488. The van der Waals surface area contributed by atoms with E-state index in [1.165, 1.54) is 0 Å². The molecule has 0 aliphatic carbocycles. The minimum Gasteiger partial charge on any atom is -0.633 e. The summed E-state index contributed by atoms with van der Waals surface area (Å²) in [6.07, 6.45) is 0. The molecule has 5 heteroatoms. The Labute approximate surface area is 175 Å². The molecule has 0 aromatic heterocycles. The van der Waals surface area contributed by atoms with Gasteiger partial charge in [0.1, 0.15) is 11.7 Å². The van der Waals surface area contributed by atoms with Gasteiger partial charge >= 0.3 is 116 Å². The number of nitrogens with one attached hydrogen (secondary N) is 1. The molecule has 0 saturated carbocycles. The summed E-state index contributed by atoms with van der Waals surface area (Å²) < 4.78 is 5.00. The molecule has 1 amide bonds. The van der Waals surface area contributed by atoms with Crippen LogP contribution in [0.3, 0.4) is 0 Å². The number of amides is 1. The smallest absolute Gasteiger partial charge is 0.633 e. The summed E-state index contributed by atoms with van der Waals surface area (Å²) in [6, 6.07) is 7.28. The van der Waals surface area contributed by atoms with Gasteiger partial charge in [0, 0.05) is 0 Å². The molecule has 0 unspecified atom stereocenters. The standard InChI is InChI=1S/C8H6NO2.2Rb/c10-8-5-11-7-4-2-1-3-6(7)9-8;;/h1-5H,(H,9,10);;/q-1;2*+1. The average molecular weight is 319 g/mol. The second-order valence-corrected chi connectivity index (χ2v) is 2.22. The molecule has 1 N–H and O–H groups in total. The molecule has 1 aromatic rings. The van der Waals surface area contributed by atoms with Gasteiger partial charge in [-0.15, -0.1) is 6.61 Å². The second-order valence-electron chi connectivity index (χ2n) is 2.22. The number of rotatable bonds is 0. The summed E-state index contributed by atoms with van der Waals surface area (Å²) in [5, 5.41) is 2.64. The Hall–Kier alpha value is 1.97. The molecule has 56 valence electrons. The van der Waals surface area contributed by atoms with Crippen molar-refractivity contribution in [1.82, 2.24) is 0 Å². The molecule has 1 heterocycles. The number of ether oxygens (including phenoxy) is 1. The number of fused-ring (bicyclic) bond motifs is 1. The van der Waals surface area contributed by atoms with E-state index in [2.05, 4.69) is 5.32 Å². The maximum absolute atomic E-state index is 10.7. The summed E-state index contributed by atoms with van der Waals surface area (Å²) in [5.74, 6) is 0.468. The Morgan fingerprint density at radius 1 is 1.23 bits per heavy atom. The monoisotopic (exact) mass is 318 g/mol. The third kappa shape index (κ3) is 4.15. The Kier molecular flexibility index (Phi) is 8.38. The van der Waals surface area contributed by atoms with E-state index in [4.69, 9.17) is 4.74 Å². The fourth-order valence-corrected chi connectivity index (χ4v) is 0.952. The molecule has 0 saturated heterocycles. The van der Waals surface area contributed by atoms with E-state index in [0.717, 1.165) is 12.3 Å². The molecule has 0 radical (unpaired) electrons. The molecule has 0 bridgehead atoms. The fourth-order valence-electron chi connectivity index (χ4n) is 0.952. The molecular formula is C8H6NO2Rb2+. The zero-order valence-corrected chi connectivity index (χ0v) is 17.5. The predicted molar refractivity (Wildman–Crippen MR) is 40.0 cm³/mol. The summed E-state index contributed by atoms with van der Waals surface area (Å²) in [5.41, 5.74) is 0.722. The molecule has 0 atom stereocenters. The number of anilines is 1. The minimum absolute atomic E-state index is 0. The third-order valence-electron chi connectivity index (χ3n) is 1.44. The first-order valence-electron chi connectivity index (χ1n) is 3.26. The maximum Gasteiger partial charge on any atom is 1.00 e. The molecule has 13 heavy (non-hydrogen) atoms. The van der Waals surface area contributed by atoms with Crippen LogP contribution in [0, 0.1) is 6.61 Å². The molecule has 0 spiro atoms. The van der Waals surface area contributed by atoms with Gasteiger partial charge in [-0.2, -0.15) is 0 Å². The number of carbonyl (C=O) groups excluding carboxylic acids is 1. The van der Waals surface area contributed by atoms with Crippen LogP contribution in [-0.2, 0) is 4.79 Å². The van der Waals surface area contributed by atoms with E-state index in [-0.39, 0.29) is 122 Å². The van der Waals surface area contributed by atoms with Crippen LogP contribution < -0.4 is 126 Å². The Bertz CT molecular complexity index is 304. The average Bonchev–Trinajstić information content (AvgIpc) is 2.04. The topological polar surface area (TPSA) is 38.3 Å². The van der Waals surface area contributed by atoms with Gasteiger partial charge in [0.05, 0.1) is 5.69 Å². The number of carbonyl (C=O) groups is 1. The van der Waals surface area contributed by atoms with Crippen LogP contribution in [-0.4, -0.2) is 5.91 Å². The van der Waals surface area contributed by atoms with Crippen LogP contribution in [0.4, 0.5) is 5.69 Å². The number of hydrogen-bond donors (Lipinski definition) is 1. The van der Waals surface area contributed by atoms with Gasteiger partial charge in [0.15, 0.2) is 0 Å². The van der Waals surface area contributed by atoms with Gasteiger partial charge in [-0.1, -0.05) is 12.1 Å². The van der Waals surface area contributed by atoms with Crippen LogP contribution >= 0.6 is 0 Å². The van der Waals surface area contributed by atoms with E-state index in [1.54, 1.807) is 12.1 Å². The SMILES string of the molecule is O=C1[CH-]Oc2ccccc2N1.[Rb+].[Rb+]. The number of hydrogen-bond acceptors (Lipinski definition) is 2. The van der Waals surface area contributed by atoms with Gasteiger partial charge in [-0.05, 0) is 12.1 Å². The summed E-state index contributed by atoms with van der Waals surface area (Å²) in [4.78, 5) is 10.7. The summed E-state index contributed by atoms with van der Waals surface area (Å²) >= 11 is 0. The molecule has 1 aromatic carbocycles. The van der Waals surface area contributed by atoms with Crippen LogP contribution in [0.2, 0.25) is 0 Å². The van der Waals surface area contributed by atoms with E-state index in [1.807, 2.05) is 12.1 Å². The van der Waals surface area contributed by atoms with Crippen molar-refractivity contribution in [3.63, 3.8) is 0 Å². The van der Waals surface area contributed by atoms with Crippen LogP contribution in [0.25, 0.3) is 0 Å². The normalized spacial score (nSPS) is 11.8. The first-order chi connectivity index (χ1) is 5.36. The number of para-hydroxylation sites is 2. The van der Waals surface area contributed by atoms with Crippen molar-refractivity contribution in [2.45, 2.75) is 0 Å². The molecule has 0 fully saturated rings. The minimum atomic E-state index is -0.219. The molecule has 2 rings (SSSR count). The molecule has 3 nitrogen and oxygen atoms in total. The Morgan fingerprint density at radius 2 is 1.92 bits per heavy atom. The van der Waals surface area contributed by atoms with Crippen LogP contribution in [0.5, 0.6) is 5.75 Å². The summed E-state index contributed by atoms with van der Waals surface area (Å²) in [6.45, 7) is 1.16. The van der Waals surface area contributed by atoms with E-state index in [0.29, 0.717) is 5.75 Å². The van der Waals surface area contributed by atoms with Crippen molar-refractivity contribution in [2.75, 3.05) is 5.32 Å². The van der Waals surface area contributed by atoms with Gasteiger partial charge in [0.25, 0.3) is 0 Å². The predicted octanol–water partition coefficient (Wildman–Crippen LogP) is -4.81. The Morgan fingerprint density at radius 3 is 2.69 bits per heavy atom. The third-order valence-corrected chi connectivity index (χ3v) is 1.44. The van der Waals surface area contributed by atoms with Crippen molar-refractivity contribution >= 4 is 11.6 Å². The van der Waals surface area contributed by atoms with Gasteiger partial charge in [-0.3, -0.25) is 0 Å². The van der Waals surface area contributed by atoms with Crippen LogP contribution in [0.15, 0.2) is 24.3 Å². The maximum atomic E-state index is 10.7. The zero-order chi connectivity index (χ0) is 7.68. The van der Waals surface area contributed by atoms with Crippen molar-refractivity contribution in [2.24, 2.45) is 0 Å². The van der Waals surface area contributed by atoms with E-state index < -0.39 is 0 Å². The van der Waals surface area contributed by atoms with E-state index in [9.17, 15) is 4.79 Å². The van der Waals surface area contributed by atoms with Crippen molar-refractivity contribution in [1.29, 1.82) is 0 Å². The molecule has 1 aliphatic heterocycles. The second kappa shape index (κ2) is 7.28. The number of benzene rings is 1.